The molecule has 0 aliphatic heterocycles. The van der Waals surface area contributed by atoms with Gasteiger partial charge >= 0.3 is 0 Å². The van der Waals surface area contributed by atoms with Gasteiger partial charge in [0.25, 0.3) is 0 Å². The quantitative estimate of drug-likeness (QED) is 0.407. The maximum Gasteiger partial charge on any atom is 0.219 e. The second-order valence-corrected chi connectivity index (χ2v) is 7.94. The number of aromatic nitrogens is 6. The molecule has 1 N–H and O–H groups in total. The summed E-state index contributed by atoms with van der Waals surface area (Å²) in [4.78, 5) is 8.44. The van der Waals surface area contributed by atoms with E-state index < -0.39 is 11.4 Å². The van der Waals surface area contributed by atoms with Gasteiger partial charge in [0, 0.05) is 17.3 Å². The number of pyridine rings is 2. The number of hydrogen-bond acceptors (Lipinski definition) is 7. The van der Waals surface area contributed by atoms with Crippen LogP contribution in [0.4, 0.5) is 4.39 Å². The summed E-state index contributed by atoms with van der Waals surface area (Å²) in [5.41, 5.74) is -0.685. The number of aryl methyl sites for hydroxylation is 1. The summed E-state index contributed by atoms with van der Waals surface area (Å²) in [5.74, 6) is 0.345. The van der Waals surface area contributed by atoms with Crippen molar-refractivity contribution in [1.82, 2.24) is 30.2 Å². The van der Waals surface area contributed by atoms with E-state index in [1.54, 1.807) is 36.4 Å². The molecule has 4 aromatic rings. The highest BCUT2D eigenvalue weighted by atomic mass is 35.5. The standard InChI is InChI=1S/C21H17Cl2FN6O2/c22-15-2-1-14(18(24)9-15)7-8-21(31,12-30-13-27-28-29-30)19-5-4-17(11-25-19)32-20-6-3-16(23)10-26-20/h1-6,9-11,13,31H,7-8,12H2. The van der Waals surface area contributed by atoms with Crippen molar-refractivity contribution in [2.24, 2.45) is 0 Å². The van der Waals surface area contributed by atoms with Crippen LogP contribution in [0.5, 0.6) is 11.6 Å². The summed E-state index contributed by atoms with van der Waals surface area (Å²) >= 11 is 11.7. The highest BCUT2D eigenvalue weighted by Gasteiger charge is 2.32. The average Bonchev–Trinajstić information content (AvgIpc) is 3.28. The molecular weight excluding hydrogens is 458 g/mol. The second-order valence-electron chi connectivity index (χ2n) is 7.07. The zero-order valence-electron chi connectivity index (χ0n) is 16.6. The van der Waals surface area contributed by atoms with Crippen LogP contribution in [0.25, 0.3) is 0 Å². The minimum absolute atomic E-state index is 0.0289. The molecule has 0 saturated heterocycles. The van der Waals surface area contributed by atoms with Crippen LogP contribution in [0.3, 0.4) is 0 Å². The van der Waals surface area contributed by atoms with Crippen molar-refractivity contribution in [2.75, 3.05) is 0 Å². The van der Waals surface area contributed by atoms with Crippen LogP contribution in [-0.2, 0) is 18.6 Å². The van der Waals surface area contributed by atoms with Crippen LogP contribution in [0, 0.1) is 5.82 Å². The molecule has 0 radical (unpaired) electrons. The van der Waals surface area contributed by atoms with Gasteiger partial charge in [-0.05, 0) is 59.2 Å². The molecule has 0 fully saturated rings. The first kappa shape index (κ1) is 22.1. The number of nitrogens with zero attached hydrogens (tertiary/aromatic N) is 6. The molecule has 4 rings (SSSR count). The van der Waals surface area contributed by atoms with E-state index in [1.165, 1.54) is 29.5 Å². The predicted octanol–water partition coefficient (Wildman–Crippen LogP) is 4.22. The largest absolute Gasteiger partial charge is 0.437 e. The maximum atomic E-state index is 14.2. The summed E-state index contributed by atoms with van der Waals surface area (Å²) in [6.45, 7) is 0.0289. The third-order valence-electron chi connectivity index (χ3n) is 4.77. The third kappa shape index (κ3) is 5.37. The zero-order valence-corrected chi connectivity index (χ0v) is 18.1. The summed E-state index contributed by atoms with van der Waals surface area (Å²) in [7, 11) is 0. The Labute approximate surface area is 192 Å². The van der Waals surface area contributed by atoms with Gasteiger partial charge in [-0.1, -0.05) is 29.3 Å². The van der Waals surface area contributed by atoms with Gasteiger partial charge in [0.2, 0.25) is 5.88 Å². The highest BCUT2D eigenvalue weighted by Crippen LogP contribution is 2.30. The number of hydrogen-bond donors (Lipinski definition) is 1. The van der Waals surface area contributed by atoms with E-state index in [-0.39, 0.29) is 19.4 Å². The van der Waals surface area contributed by atoms with Crippen LogP contribution < -0.4 is 4.74 Å². The summed E-state index contributed by atoms with van der Waals surface area (Å²) < 4.78 is 21.3. The van der Waals surface area contributed by atoms with Crippen LogP contribution in [0.2, 0.25) is 10.0 Å². The Morgan fingerprint density at radius 3 is 2.53 bits per heavy atom. The Bertz CT molecular complexity index is 1180. The fourth-order valence-corrected chi connectivity index (χ4v) is 3.40. The molecule has 164 valence electrons. The maximum absolute atomic E-state index is 14.2. The van der Waals surface area contributed by atoms with Crippen LogP contribution in [-0.4, -0.2) is 35.3 Å². The summed E-state index contributed by atoms with van der Waals surface area (Å²) in [6, 6.07) is 11.0. The first-order chi connectivity index (χ1) is 15.4. The Kier molecular flexibility index (Phi) is 6.59. The fourth-order valence-electron chi connectivity index (χ4n) is 3.13. The molecule has 32 heavy (non-hydrogen) atoms. The molecule has 0 spiro atoms. The summed E-state index contributed by atoms with van der Waals surface area (Å²) in [5, 5.41) is 23.3. The van der Waals surface area contributed by atoms with Crippen molar-refractivity contribution >= 4 is 23.2 Å². The van der Waals surface area contributed by atoms with Gasteiger partial charge in [-0.3, -0.25) is 4.98 Å². The molecule has 3 heterocycles. The zero-order chi connectivity index (χ0) is 22.6. The van der Waals surface area contributed by atoms with Crippen molar-refractivity contribution in [3.63, 3.8) is 0 Å². The molecule has 11 heteroatoms. The lowest BCUT2D eigenvalue weighted by Gasteiger charge is -2.27. The molecule has 0 saturated carbocycles. The first-order valence-electron chi connectivity index (χ1n) is 9.54. The van der Waals surface area contributed by atoms with Crippen molar-refractivity contribution in [3.8, 4) is 11.6 Å². The van der Waals surface area contributed by atoms with Gasteiger partial charge in [0.1, 0.15) is 23.5 Å². The minimum atomic E-state index is -1.47. The molecule has 0 aliphatic rings. The van der Waals surface area contributed by atoms with Crippen LogP contribution in [0.1, 0.15) is 17.7 Å². The lowest BCUT2D eigenvalue weighted by atomic mass is 9.90. The molecule has 0 bridgehead atoms. The second kappa shape index (κ2) is 9.56. The lowest BCUT2D eigenvalue weighted by Crippen LogP contribution is -2.33. The number of tetrazole rings is 1. The topological polar surface area (TPSA) is 98.8 Å². The number of aliphatic hydroxyl groups is 1. The van der Waals surface area contributed by atoms with Crippen molar-refractivity contribution in [2.45, 2.75) is 25.0 Å². The Hall–Kier alpha value is -3.14. The lowest BCUT2D eigenvalue weighted by molar-refractivity contribution is 0.00174. The molecule has 8 nitrogen and oxygen atoms in total. The fraction of sp³-hybridized carbons (Fsp3) is 0.190. The van der Waals surface area contributed by atoms with Crippen molar-refractivity contribution < 1.29 is 14.2 Å². The molecule has 3 aromatic heterocycles. The van der Waals surface area contributed by atoms with Crippen molar-refractivity contribution in [1.29, 1.82) is 0 Å². The van der Waals surface area contributed by atoms with Gasteiger partial charge in [0.15, 0.2) is 0 Å². The number of benzene rings is 1. The minimum Gasteiger partial charge on any atom is -0.437 e. The van der Waals surface area contributed by atoms with Crippen molar-refractivity contribution in [3.05, 3.63) is 88.3 Å². The van der Waals surface area contributed by atoms with Gasteiger partial charge in [-0.15, -0.1) is 5.10 Å². The van der Waals surface area contributed by atoms with E-state index in [1.807, 2.05) is 0 Å². The number of halogens is 3. The van der Waals surface area contributed by atoms with Gasteiger partial charge in [-0.2, -0.15) is 0 Å². The van der Waals surface area contributed by atoms with Gasteiger partial charge in [-0.25, -0.2) is 14.1 Å². The Morgan fingerprint density at radius 2 is 1.88 bits per heavy atom. The van der Waals surface area contributed by atoms with E-state index >= 15 is 0 Å². The van der Waals surface area contributed by atoms with E-state index in [0.717, 1.165) is 0 Å². The predicted molar refractivity (Wildman–Crippen MR) is 115 cm³/mol. The normalized spacial score (nSPS) is 13.0. The van der Waals surface area contributed by atoms with Gasteiger partial charge in [0.05, 0.1) is 23.5 Å². The van der Waals surface area contributed by atoms with Crippen LogP contribution in [0.15, 0.2) is 61.2 Å². The molecule has 0 amide bonds. The Morgan fingerprint density at radius 1 is 1.03 bits per heavy atom. The third-order valence-corrected chi connectivity index (χ3v) is 5.23. The monoisotopic (exact) mass is 474 g/mol. The Balaban J connectivity index is 1.55. The van der Waals surface area contributed by atoms with E-state index in [4.69, 9.17) is 27.9 Å². The molecule has 1 aromatic carbocycles. The average molecular weight is 475 g/mol. The first-order valence-corrected chi connectivity index (χ1v) is 10.3. The SMILES string of the molecule is OC(CCc1ccc(Cl)cc1F)(Cn1cnnn1)c1ccc(Oc2ccc(Cl)cn2)cn1. The molecular formula is C21H17Cl2FN6O2. The molecule has 1 unspecified atom stereocenters. The number of ether oxygens (including phenoxy) is 1. The van der Waals surface area contributed by atoms with Gasteiger partial charge < -0.3 is 9.84 Å². The molecule has 1 atom stereocenters. The van der Waals surface area contributed by atoms with E-state index in [9.17, 15) is 9.50 Å². The van der Waals surface area contributed by atoms with E-state index in [0.29, 0.717) is 32.9 Å². The number of rotatable bonds is 8. The molecule has 0 aliphatic carbocycles. The highest BCUT2D eigenvalue weighted by molar-refractivity contribution is 6.30. The van der Waals surface area contributed by atoms with Crippen LogP contribution >= 0.6 is 23.2 Å². The van der Waals surface area contributed by atoms with E-state index in [2.05, 4.69) is 25.5 Å². The smallest absolute Gasteiger partial charge is 0.219 e. The summed E-state index contributed by atoms with van der Waals surface area (Å²) in [6.07, 6.45) is 4.74.